The number of nitrogens with one attached hydrogen (secondary N) is 1. The number of carbonyl (C=O) groups excluding carboxylic acids is 1. The lowest BCUT2D eigenvalue weighted by Crippen LogP contribution is -2.40. The van der Waals surface area contributed by atoms with Crippen LogP contribution in [0, 0.1) is 0 Å². The molecule has 21 heavy (non-hydrogen) atoms. The lowest BCUT2D eigenvalue weighted by molar-refractivity contribution is -0.121. The van der Waals surface area contributed by atoms with Gasteiger partial charge in [-0.1, -0.05) is 22.9 Å². The van der Waals surface area contributed by atoms with Gasteiger partial charge in [0.25, 0.3) is 0 Å². The maximum atomic E-state index is 12.7. The number of rotatable bonds is 6. The van der Waals surface area contributed by atoms with E-state index in [2.05, 4.69) is 37.2 Å². The molecule has 6 nitrogen and oxygen atoms in total. The van der Waals surface area contributed by atoms with Crippen molar-refractivity contribution in [3.05, 3.63) is 21.1 Å². The van der Waals surface area contributed by atoms with Crippen molar-refractivity contribution in [2.45, 2.75) is 18.7 Å². The number of halogens is 2. The summed E-state index contributed by atoms with van der Waals surface area (Å²) in [5.74, 6) is -0.352. The molecule has 0 fully saturated rings. The Morgan fingerprint density at radius 3 is 2.43 bits per heavy atom. The van der Waals surface area contributed by atoms with Crippen LogP contribution in [-0.2, 0) is 14.8 Å². The molecule has 0 bridgehead atoms. The fourth-order valence-electron chi connectivity index (χ4n) is 1.76. The average Bonchev–Trinajstić information content (AvgIpc) is 2.34. The van der Waals surface area contributed by atoms with Crippen LogP contribution in [-0.4, -0.2) is 38.3 Å². The van der Waals surface area contributed by atoms with Gasteiger partial charge in [-0.3, -0.25) is 4.79 Å². The van der Waals surface area contributed by atoms with Crippen LogP contribution in [0.1, 0.15) is 13.8 Å². The number of carbonyl (C=O) groups is 1. The molecular formula is C12H17Br2N3O3S. The number of likely N-dealkylation sites (N-methyl/N-ethyl adjacent to an activating group) is 2. The summed E-state index contributed by atoms with van der Waals surface area (Å²) in [6, 6.07) is 3.11. The number of nitrogens with two attached hydrogens (primary N) is 1. The molecular weight excluding hydrogens is 426 g/mol. The summed E-state index contributed by atoms with van der Waals surface area (Å²) in [5, 5.41) is 2.58. The largest absolute Gasteiger partial charge is 0.398 e. The van der Waals surface area contributed by atoms with Crippen molar-refractivity contribution in [2.75, 3.05) is 25.4 Å². The summed E-state index contributed by atoms with van der Waals surface area (Å²) in [6.07, 6.45) is 0. The molecule has 0 saturated carbocycles. The monoisotopic (exact) mass is 441 g/mol. The molecule has 1 aromatic carbocycles. The second kappa shape index (κ2) is 7.57. The van der Waals surface area contributed by atoms with Crippen LogP contribution in [0.5, 0.6) is 0 Å². The van der Waals surface area contributed by atoms with Crippen molar-refractivity contribution in [3.8, 4) is 0 Å². The number of hydrogen-bond donors (Lipinski definition) is 2. The van der Waals surface area contributed by atoms with E-state index in [-0.39, 0.29) is 29.6 Å². The zero-order valence-electron chi connectivity index (χ0n) is 11.7. The summed E-state index contributed by atoms with van der Waals surface area (Å²) in [4.78, 5) is 11.6. The molecule has 0 atom stereocenters. The highest BCUT2D eigenvalue weighted by atomic mass is 79.9. The lowest BCUT2D eigenvalue weighted by atomic mass is 10.3. The minimum atomic E-state index is -3.86. The molecule has 0 aromatic heterocycles. The van der Waals surface area contributed by atoms with E-state index in [9.17, 15) is 13.2 Å². The maximum absolute atomic E-state index is 12.7. The molecule has 1 rings (SSSR count). The minimum absolute atomic E-state index is 0.0307. The van der Waals surface area contributed by atoms with Gasteiger partial charge in [-0.25, -0.2) is 8.42 Å². The summed E-state index contributed by atoms with van der Waals surface area (Å²) in [6.45, 7) is 3.81. The summed E-state index contributed by atoms with van der Waals surface area (Å²) in [7, 11) is -3.86. The zero-order valence-corrected chi connectivity index (χ0v) is 15.7. The maximum Gasteiger partial charge on any atom is 0.246 e. The van der Waals surface area contributed by atoms with E-state index >= 15 is 0 Å². The molecule has 0 aliphatic heterocycles. The van der Waals surface area contributed by atoms with Crippen molar-refractivity contribution < 1.29 is 13.2 Å². The van der Waals surface area contributed by atoms with E-state index in [4.69, 9.17) is 5.73 Å². The standard InChI is InChI=1S/C12H17Br2N3O3S/c1-3-16-11(18)7-17(4-2)21(19,20)12-9(14)5-8(13)6-10(12)15/h5-6H,3-4,7,15H2,1-2H3,(H,16,18). The Morgan fingerprint density at radius 2 is 1.95 bits per heavy atom. The van der Waals surface area contributed by atoms with Gasteiger partial charge >= 0.3 is 0 Å². The number of nitrogen functional groups attached to an aromatic ring is 1. The molecule has 0 spiro atoms. The predicted octanol–water partition coefficient (Wildman–Crippen LogP) is 1.94. The number of benzene rings is 1. The Hall–Kier alpha value is -0.640. The summed E-state index contributed by atoms with van der Waals surface area (Å²) in [5.41, 5.74) is 5.94. The van der Waals surface area contributed by atoms with Crippen LogP contribution in [0.3, 0.4) is 0 Å². The van der Waals surface area contributed by atoms with Crippen molar-refractivity contribution in [1.29, 1.82) is 0 Å². The molecule has 1 aromatic rings. The number of nitrogens with zero attached hydrogens (tertiary/aromatic N) is 1. The average molecular weight is 443 g/mol. The fourth-order valence-corrected chi connectivity index (χ4v) is 5.18. The molecule has 0 aliphatic rings. The van der Waals surface area contributed by atoms with Crippen LogP contribution in [0.2, 0.25) is 0 Å². The quantitative estimate of drug-likeness (QED) is 0.658. The normalized spacial score (nSPS) is 11.7. The Labute approximate surface area is 141 Å². The third-order valence-electron chi connectivity index (χ3n) is 2.68. The molecule has 0 radical (unpaired) electrons. The third-order valence-corrected chi connectivity index (χ3v) is 6.07. The van der Waals surface area contributed by atoms with Gasteiger partial charge in [0, 0.05) is 22.0 Å². The first kappa shape index (κ1) is 18.4. The van der Waals surface area contributed by atoms with Gasteiger partial charge in [-0.15, -0.1) is 0 Å². The summed E-state index contributed by atoms with van der Waals surface area (Å²) >= 11 is 6.46. The predicted molar refractivity (Wildman–Crippen MR) is 89.4 cm³/mol. The van der Waals surface area contributed by atoms with Gasteiger partial charge in [0.15, 0.2) is 0 Å². The minimum Gasteiger partial charge on any atom is -0.398 e. The van der Waals surface area contributed by atoms with Gasteiger partial charge in [-0.2, -0.15) is 4.31 Å². The Kier molecular flexibility index (Phi) is 6.64. The van der Waals surface area contributed by atoms with Crippen molar-refractivity contribution >= 4 is 53.5 Å². The van der Waals surface area contributed by atoms with E-state index in [1.54, 1.807) is 19.9 Å². The highest BCUT2D eigenvalue weighted by Gasteiger charge is 2.29. The first-order valence-electron chi connectivity index (χ1n) is 6.25. The second-order valence-corrected chi connectivity index (χ2v) is 7.84. The van der Waals surface area contributed by atoms with Crippen molar-refractivity contribution in [3.63, 3.8) is 0 Å². The van der Waals surface area contributed by atoms with Crippen LogP contribution >= 0.6 is 31.9 Å². The van der Waals surface area contributed by atoms with E-state index in [1.165, 1.54) is 6.07 Å². The molecule has 1 amide bonds. The van der Waals surface area contributed by atoms with Crippen molar-refractivity contribution in [2.24, 2.45) is 0 Å². The zero-order chi connectivity index (χ0) is 16.2. The van der Waals surface area contributed by atoms with Crippen LogP contribution in [0.4, 0.5) is 5.69 Å². The Balaban J connectivity index is 3.23. The number of hydrogen-bond acceptors (Lipinski definition) is 4. The Bertz CT molecular complexity index is 612. The highest BCUT2D eigenvalue weighted by molar-refractivity contribution is 9.11. The highest BCUT2D eigenvalue weighted by Crippen LogP contribution is 2.33. The van der Waals surface area contributed by atoms with E-state index in [0.717, 1.165) is 4.31 Å². The molecule has 0 heterocycles. The molecule has 0 aliphatic carbocycles. The van der Waals surface area contributed by atoms with Crippen LogP contribution in [0.15, 0.2) is 26.0 Å². The number of anilines is 1. The van der Waals surface area contributed by atoms with Gasteiger partial charge in [0.2, 0.25) is 15.9 Å². The second-order valence-electron chi connectivity index (χ2n) is 4.19. The SMILES string of the molecule is CCNC(=O)CN(CC)S(=O)(=O)c1c(N)cc(Br)cc1Br. The van der Waals surface area contributed by atoms with E-state index in [0.29, 0.717) is 15.5 Å². The first-order chi connectivity index (χ1) is 9.73. The number of sulfonamides is 1. The van der Waals surface area contributed by atoms with Crippen LogP contribution in [0.25, 0.3) is 0 Å². The van der Waals surface area contributed by atoms with Gasteiger partial charge < -0.3 is 11.1 Å². The number of amides is 1. The fraction of sp³-hybridized carbons (Fsp3) is 0.417. The smallest absolute Gasteiger partial charge is 0.246 e. The molecule has 3 N–H and O–H groups in total. The van der Waals surface area contributed by atoms with Crippen LogP contribution < -0.4 is 11.1 Å². The molecule has 118 valence electrons. The first-order valence-corrected chi connectivity index (χ1v) is 9.28. The molecule has 0 unspecified atom stereocenters. The van der Waals surface area contributed by atoms with E-state index < -0.39 is 10.0 Å². The third kappa shape index (κ3) is 4.41. The molecule has 0 saturated heterocycles. The summed E-state index contributed by atoms with van der Waals surface area (Å²) < 4.78 is 27.5. The van der Waals surface area contributed by atoms with Gasteiger partial charge in [0.05, 0.1) is 12.2 Å². The van der Waals surface area contributed by atoms with Gasteiger partial charge in [-0.05, 0) is 35.0 Å². The lowest BCUT2D eigenvalue weighted by Gasteiger charge is -2.21. The topological polar surface area (TPSA) is 92.5 Å². The van der Waals surface area contributed by atoms with E-state index in [1.807, 2.05) is 0 Å². The van der Waals surface area contributed by atoms with Gasteiger partial charge in [0.1, 0.15) is 4.90 Å². The van der Waals surface area contributed by atoms with Crippen molar-refractivity contribution in [1.82, 2.24) is 9.62 Å². The molecule has 9 heteroatoms. The Morgan fingerprint density at radius 1 is 1.33 bits per heavy atom.